The molecule has 170 valence electrons. The summed E-state index contributed by atoms with van der Waals surface area (Å²) in [4.78, 5) is 28.0. The molecule has 0 bridgehead atoms. The molecule has 1 aliphatic carbocycles. The molecule has 6 rings (SSSR count). The largest absolute Gasteiger partial charge is 0.477 e. The van der Waals surface area contributed by atoms with E-state index in [0.717, 1.165) is 30.4 Å². The number of carbonyl (C=O) groups is 1. The molecular formula is C25H20FN5O3. The summed E-state index contributed by atoms with van der Waals surface area (Å²) >= 11 is 0. The Labute approximate surface area is 191 Å². The Balaban J connectivity index is 1.70. The molecule has 3 heterocycles. The van der Waals surface area contributed by atoms with E-state index in [4.69, 9.17) is 5.73 Å². The fourth-order valence-electron chi connectivity index (χ4n) is 5.16. The monoisotopic (exact) mass is 457 g/mol. The molecule has 9 heteroatoms. The highest BCUT2D eigenvalue weighted by atomic mass is 19.1. The fraction of sp³-hybridized carbons (Fsp3) is 0.160. The van der Waals surface area contributed by atoms with Gasteiger partial charge in [0.1, 0.15) is 11.5 Å². The number of benzene rings is 2. The second-order valence-corrected chi connectivity index (χ2v) is 8.62. The Morgan fingerprint density at radius 1 is 1.18 bits per heavy atom. The van der Waals surface area contributed by atoms with Crippen LogP contribution in [0.4, 0.5) is 10.2 Å². The molecule has 5 aromatic rings. The van der Waals surface area contributed by atoms with Gasteiger partial charge in [-0.25, -0.2) is 9.18 Å². The summed E-state index contributed by atoms with van der Waals surface area (Å²) < 4.78 is 16.1. The SMILES string of the molecule is Nc1n[nH]c2c(Cn3c(C(=O)O)c(-c4ccc[nH]c4=O)c4cc5c(cc43)CCC5)cc(F)cc12. The van der Waals surface area contributed by atoms with Crippen molar-refractivity contribution in [3.8, 4) is 11.1 Å². The lowest BCUT2D eigenvalue weighted by atomic mass is 10.00. The normalized spacial score (nSPS) is 13.1. The molecule has 0 atom stereocenters. The Hall–Kier alpha value is -4.40. The molecule has 8 nitrogen and oxygen atoms in total. The summed E-state index contributed by atoms with van der Waals surface area (Å²) in [6, 6.07) is 9.93. The first kappa shape index (κ1) is 20.2. The lowest BCUT2D eigenvalue weighted by molar-refractivity contribution is 0.0687. The van der Waals surface area contributed by atoms with Crippen molar-refractivity contribution in [1.29, 1.82) is 0 Å². The quantitative estimate of drug-likeness (QED) is 0.326. The van der Waals surface area contributed by atoms with Crippen LogP contribution < -0.4 is 11.3 Å². The smallest absolute Gasteiger partial charge is 0.353 e. The van der Waals surface area contributed by atoms with Crippen LogP contribution in [0.2, 0.25) is 0 Å². The van der Waals surface area contributed by atoms with Gasteiger partial charge in [0, 0.05) is 39.2 Å². The second kappa shape index (κ2) is 7.31. The van der Waals surface area contributed by atoms with Crippen LogP contribution in [0.15, 0.2) is 47.4 Å². The molecule has 5 N–H and O–H groups in total. The van der Waals surface area contributed by atoms with Crippen LogP contribution in [0.1, 0.15) is 33.6 Å². The van der Waals surface area contributed by atoms with E-state index in [-0.39, 0.29) is 29.2 Å². The van der Waals surface area contributed by atoms with Crippen molar-refractivity contribution in [3.63, 3.8) is 0 Å². The van der Waals surface area contributed by atoms with Gasteiger partial charge in [-0.1, -0.05) is 0 Å². The maximum Gasteiger partial charge on any atom is 0.353 e. The van der Waals surface area contributed by atoms with Crippen molar-refractivity contribution in [3.05, 3.63) is 81.2 Å². The highest BCUT2D eigenvalue weighted by molar-refractivity contribution is 6.08. The van der Waals surface area contributed by atoms with E-state index < -0.39 is 11.8 Å². The average Bonchev–Trinajstić information content (AvgIpc) is 3.49. The number of hydrogen-bond acceptors (Lipinski definition) is 4. The predicted octanol–water partition coefficient (Wildman–Crippen LogP) is 3.83. The topological polar surface area (TPSA) is 130 Å². The zero-order valence-electron chi connectivity index (χ0n) is 18.0. The van der Waals surface area contributed by atoms with E-state index in [9.17, 15) is 19.1 Å². The number of nitrogens with zero attached hydrogens (tertiary/aromatic N) is 2. The summed E-state index contributed by atoms with van der Waals surface area (Å²) in [5.74, 6) is -1.50. The Morgan fingerprint density at radius 3 is 2.74 bits per heavy atom. The number of pyridine rings is 1. The molecule has 0 amide bonds. The van der Waals surface area contributed by atoms with Crippen molar-refractivity contribution >= 4 is 33.6 Å². The molecule has 0 saturated heterocycles. The summed E-state index contributed by atoms with van der Waals surface area (Å²) in [6.45, 7) is 0.0531. The molecule has 0 aliphatic heterocycles. The Morgan fingerprint density at radius 2 is 1.97 bits per heavy atom. The summed E-state index contributed by atoms with van der Waals surface area (Å²) in [5, 5.41) is 18.3. The summed E-state index contributed by atoms with van der Waals surface area (Å²) in [5.41, 5.74) is 10.2. The minimum atomic E-state index is -1.17. The number of fused-ring (bicyclic) bond motifs is 3. The number of nitrogen functional groups attached to an aromatic ring is 1. The highest BCUT2D eigenvalue weighted by Gasteiger charge is 2.27. The van der Waals surface area contributed by atoms with E-state index in [1.807, 2.05) is 12.1 Å². The summed E-state index contributed by atoms with van der Waals surface area (Å²) in [6.07, 6.45) is 4.34. The van der Waals surface area contributed by atoms with Crippen LogP contribution in [0, 0.1) is 5.82 Å². The maximum absolute atomic E-state index is 14.5. The van der Waals surface area contributed by atoms with E-state index in [1.54, 1.807) is 16.7 Å². The van der Waals surface area contributed by atoms with Crippen LogP contribution in [-0.2, 0) is 19.4 Å². The van der Waals surface area contributed by atoms with Crippen molar-refractivity contribution < 1.29 is 14.3 Å². The van der Waals surface area contributed by atoms with Gasteiger partial charge < -0.3 is 20.4 Å². The molecule has 0 saturated carbocycles. The fourth-order valence-corrected chi connectivity index (χ4v) is 5.16. The molecule has 3 aromatic heterocycles. The van der Waals surface area contributed by atoms with Crippen LogP contribution >= 0.6 is 0 Å². The van der Waals surface area contributed by atoms with E-state index in [1.165, 1.54) is 18.3 Å². The number of H-pyrrole nitrogens is 2. The molecule has 0 spiro atoms. The highest BCUT2D eigenvalue weighted by Crippen LogP contribution is 2.38. The van der Waals surface area contributed by atoms with Gasteiger partial charge in [-0.15, -0.1) is 0 Å². The summed E-state index contributed by atoms with van der Waals surface area (Å²) in [7, 11) is 0. The average molecular weight is 457 g/mol. The number of nitrogens with one attached hydrogen (secondary N) is 2. The van der Waals surface area contributed by atoms with Gasteiger partial charge in [0.2, 0.25) is 0 Å². The molecule has 0 unspecified atom stereocenters. The molecule has 0 radical (unpaired) electrons. The first-order valence-electron chi connectivity index (χ1n) is 10.9. The van der Waals surface area contributed by atoms with E-state index in [0.29, 0.717) is 32.9 Å². The molecular weight excluding hydrogens is 437 g/mol. The molecule has 34 heavy (non-hydrogen) atoms. The number of aromatic carboxylic acids is 1. The Bertz CT molecular complexity index is 1690. The van der Waals surface area contributed by atoms with E-state index in [2.05, 4.69) is 15.2 Å². The number of anilines is 1. The number of carboxylic acid groups (broad SMARTS) is 1. The van der Waals surface area contributed by atoms with Crippen molar-refractivity contribution in [1.82, 2.24) is 19.7 Å². The van der Waals surface area contributed by atoms with Crippen molar-refractivity contribution in [2.24, 2.45) is 0 Å². The second-order valence-electron chi connectivity index (χ2n) is 8.62. The van der Waals surface area contributed by atoms with E-state index >= 15 is 0 Å². The zero-order chi connectivity index (χ0) is 23.6. The third-order valence-corrected chi connectivity index (χ3v) is 6.64. The number of carboxylic acids is 1. The standard InChI is InChI=1S/C25H20FN5O3/c26-15-7-14(21-18(10-15)23(27)30-29-21)11-31-19-9-13-4-1-3-12(13)8-17(19)20(22(31)25(33)34)16-5-2-6-28-24(16)32/h2,5-10H,1,3-4,11H2,(H,28,32)(H,33,34)(H3,27,29,30). The Kier molecular flexibility index (Phi) is 4.35. The number of aryl methyl sites for hydroxylation is 2. The number of hydrogen-bond donors (Lipinski definition) is 4. The lowest BCUT2D eigenvalue weighted by Crippen LogP contribution is -2.14. The van der Waals surface area contributed by atoms with Gasteiger partial charge in [-0.3, -0.25) is 9.89 Å². The van der Waals surface area contributed by atoms with Gasteiger partial charge in [0.25, 0.3) is 5.56 Å². The van der Waals surface area contributed by atoms with Gasteiger partial charge >= 0.3 is 5.97 Å². The number of halogens is 1. The predicted molar refractivity (Wildman–Crippen MR) is 127 cm³/mol. The first-order chi connectivity index (χ1) is 16.4. The van der Waals surface area contributed by atoms with Crippen LogP contribution in [0.25, 0.3) is 32.9 Å². The van der Waals surface area contributed by atoms with Gasteiger partial charge in [0.05, 0.1) is 12.1 Å². The third-order valence-electron chi connectivity index (χ3n) is 6.64. The first-order valence-corrected chi connectivity index (χ1v) is 10.9. The molecule has 1 aliphatic rings. The minimum absolute atomic E-state index is 0.0275. The molecule has 2 aromatic carbocycles. The molecule has 0 fully saturated rings. The number of rotatable bonds is 4. The van der Waals surface area contributed by atoms with Gasteiger partial charge in [-0.2, -0.15) is 5.10 Å². The van der Waals surface area contributed by atoms with Gasteiger partial charge in [-0.05, 0) is 66.8 Å². The number of aromatic amines is 2. The van der Waals surface area contributed by atoms with Crippen LogP contribution in [-0.4, -0.2) is 30.8 Å². The van der Waals surface area contributed by atoms with Crippen LogP contribution in [0.5, 0.6) is 0 Å². The lowest BCUT2D eigenvalue weighted by Gasteiger charge is -2.11. The minimum Gasteiger partial charge on any atom is -0.477 e. The van der Waals surface area contributed by atoms with Gasteiger partial charge in [0.15, 0.2) is 5.82 Å². The number of nitrogens with two attached hydrogens (primary N) is 1. The third kappa shape index (κ3) is 2.93. The van der Waals surface area contributed by atoms with Crippen molar-refractivity contribution in [2.75, 3.05) is 5.73 Å². The maximum atomic E-state index is 14.5. The number of aromatic nitrogens is 4. The van der Waals surface area contributed by atoms with Crippen molar-refractivity contribution in [2.45, 2.75) is 25.8 Å². The van der Waals surface area contributed by atoms with Crippen LogP contribution in [0.3, 0.4) is 0 Å². The zero-order valence-corrected chi connectivity index (χ0v) is 18.0.